The molecule has 1 amide bonds. The Morgan fingerprint density at radius 2 is 1.87 bits per heavy atom. The van der Waals surface area contributed by atoms with Crippen molar-refractivity contribution in [2.24, 2.45) is 0 Å². The van der Waals surface area contributed by atoms with Crippen molar-refractivity contribution in [2.75, 3.05) is 5.32 Å². The molecule has 0 bridgehead atoms. The van der Waals surface area contributed by atoms with Gasteiger partial charge in [-0.2, -0.15) is 0 Å². The molecule has 0 radical (unpaired) electrons. The van der Waals surface area contributed by atoms with Crippen LogP contribution < -0.4 is 5.32 Å². The van der Waals surface area contributed by atoms with Crippen LogP contribution in [0.25, 0.3) is 11.1 Å². The molecule has 3 heteroatoms. The number of nitrogens with one attached hydrogen (secondary N) is 1. The minimum Gasteiger partial charge on any atom is -0.469 e. The van der Waals surface area contributed by atoms with Gasteiger partial charge >= 0.3 is 0 Å². The number of anilines is 1. The van der Waals surface area contributed by atoms with E-state index in [1.54, 1.807) is 6.26 Å². The summed E-state index contributed by atoms with van der Waals surface area (Å²) in [7, 11) is 0. The summed E-state index contributed by atoms with van der Waals surface area (Å²) in [5.74, 6) is 0.849. The Kier molecular flexibility index (Phi) is 3.46. The molecule has 0 spiro atoms. The molecule has 1 aliphatic rings. The number of rotatable bonds is 4. The number of benzene rings is 2. The maximum atomic E-state index is 12.1. The van der Waals surface area contributed by atoms with Gasteiger partial charge in [0.15, 0.2) is 0 Å². The van der Waals surface area contributed by atoms with Crippen LogP contribution in [0.3, 0.4) is 0 Å². The first kappa shape index (κ1) is 13.8. The summed E-state index contributed by atoms with van der Waals surface area (Å²) >= 11 is 0. The zero-order valence-electron chi connectivity index (χ0n) is 12.7. The summed E-state index contributed by atoms with van der Waals surface area (Å²) in [5.41, 5.74) is 6.06. The molecule has 4 rings (SSSR count). The molecule has 23 heavy (non-hydrogen) atoms. The van der Waals surface area contributed by atoms with Gasteiger partial charge in [0.05, 0.1) is 6.26 Å². The van der Waals surface area contributed by atoms with E-state index in [0.29, 0.717) is 12.8 Å². The van der Waals surface area contributed by atoms with Crippen molar-refractivity contribution >= 4 is 11.6 Å². The van der Waals surface area contributed by atoms with E-state index in [1.807, 2.05) is 18.2 Å². The van der Waals surface area contributed by atoms with Crippen molar-refractivity contribution in [3.8, 4) is 11.1 Å². The molecule has 0 atom stereocenters. The van der Waals surface area contributed by atoms with Crippen molar-refractivity contribution in [3.63, 3.8) is 0 Å². The molecule has 1 aliphatic carbocycles. The summed E-state index contributed by atoms with van der Waals surface area (Å²) in [6.45, 7) is 0. The van der Waals surface area contributed by atoms with Crippen LogP contribution in [0.1, 0.15) is 23.3 Å². The number of hydrogen-bond donors (Lipinski definition) is 1. The first-order valence-corrected chi connectivity index (χ1v) is 7.83. The number of furan rings is 1. The van der Waals surface area contributed by atoms with Crippen molar-refractivity contribution in [2.45, 2.75) is 19.3 Å². The van der Waals surface area contributed by atoms with E-state index in [4.69, 9.17) is 4.42 Å². The summed E-state index contributed by atoms with van der Waals surface area (Å²) in [6.07, 6.45) is 3.60. The highest BCUT2D eigenvalue weighted by Crippen LogP contribution is 2.37. The molecule has 0 aliphatic heterocycles. The van der Waals surface area contributed by atoms with E-state index in [1.165, 1.54) is 22.3 Å². The molecule has 1 heterocycles. The van der Waals surface area contributed by atoms with Crippen LogP contribution in [0.2, 0.25) is 0 Å². The van der Waals surface area contributed by atoms with Crippen molar-refractivity contribution in [1.29, 1.82) is 0 Å². The summed E-state index contributed by atoms with van der Waals surface area (Å²) in [4.78, 5) is 12.1. The van der Waals surface area contributed by atoms with E-state index in [0.717, 1.165) is 17.9 Å². The third-order valence-corrected chi connectivity index (χ3v) is 4.26. The lowest BCUT2D eigenvalue weighted by Gasteiger charge is -2.07. The minimum absolute atomic E-state index is 0.0110. The van der Waals surface area contributed by atoms with Gasteiger partial charge in [-0.25, -0.2) is 0 Å². The Hall–Kier alpha value is -2.81. The molecule has 0 saturated carbocycles. The number of fused-ring (bicyclic) bond motifs is 3. The lowest BCUT2D eigenvalue weighted by Crippen LogP contribution is -2.12. The molecular weight excluding hydrogens is 286 g/mol. The van der Waals surface area contributed by atoms with Crippen LogP contribution in [0.15, 0.2) is 65.3 Å². The molecule has 114 valence electrons. The van der Waals surface area contributed by atoms with E-state index >= 15 is 0 Å². The van der Waals surface area contributed by atoms with Crippen molar-refractivity contribution in [3.05, 3.63) is 77.7 Å². The fourth-order valence-corrected chi connectivity index (χ4v) is 3.14. The van der Waals surface area contributed by atoms with E-state index < -0.39 is 0 Å². The first-order valence-electron chi connectivity index (χ1n) is 7.83. The number of carbonyl (C=O) groups excluding carboxylic acids is 1. The zero-order valence-corrected chi connectivity index (χ0v) is 12.7. The Bertz CT molecular complexity index is 850. The predicted molar refractivity (Wildman–Crippen MR) is 90.3 cm³/mol. The number of hydrogen-bond acceptors (Lipinski definition) is 2. The van der Waals surface area contributed by atoms with Gasteiger partial charge in [-0.05, 0) is 52.9 Å². The lowest BCUT2D eigenvalue weighted by molar-refractivity contribution is -0.116. The van der Waals surface area contributed by atoms with Crippen molar-refractivity contribution in [1.82, 2.24) is 0 Å². The minimum atomic E-state index is 0.0110. The number of aryl methyl sites for hydroxylation is 1. The van der Waals surface area contributed by atoms with Crippen molar-refractivity contribution < 1.29 is 9.21 Å². The molecule has 1 aromatic heterocycles. The maximum Gasteiger partial charge on any atom is 0.224 e. The summed E-state index contributed by atoms with van der Waals surface area (Å²) in [6, 6.07) is 18.3. The van der Waals surface area contributed by atoms with E-state index in [-0.39, 0.29) is 5.91 Å². The standard InChI is InChI=1S/C20H17NO2/c22-20(10-8-17-5-3-11-23-17)21-16-7-9-19-15(13-16)12-14-4-1-2-6-18(14)19/h1-7,9,11,13H,8,10,12H2,(H,21,22). The average Bonchev–Trinajstić information content (AvgIpc) is 3.20. The quantitative estimate of drug-likeness (QED) is 0.606. The maximum absolute atomic E-state index is 12.1. The SMILES string of the molecule is O=C(CCc1ccco1)Nc1ccc2c(c1)Cc1ccccc1-2. The van der Waals surface area contributed by atoms with Crippen LogP contribution in [-0.2, 0) is 17.6 Å². The van der Waals surface area contributed by atoms with Crippen LogP contribution >= 0.6 is 0 Å². The highest BCUT2D eigenvalue weighted by atomic mass is 16.3. The highest BCUT2D eigenvalue weighted by molar-refractivity contribution is 5.91. The Labute approximate surface area is 135 Å². The topological polar surface area (TPSA) is 42.2 Å². The van der Waals surface area contributed by atoms with Gasteiger partial charge in [0.1, 0.15) is 5.76 Å². The molecule has 1 N–H and O–H groups in total. The van der Waals surface area contributed by atoms with Crippen LogP contribution in [-0.4, -0.2) is 5.91 Å². The van der Waals surface area contributed by atoms with E-state index in [2.05, 4.69) is 41.7 Å². The van der Waals surface area contributed by atoms with Crippen LogP contribution in [0.5, 0.6) is 0 Å². The third kappa shape index (κ3) is 2.78. The smallest absolute Gasteiger partial charge is 0.224 e. The van der Waals surface area contributed by atoms with Crippen LogP contribution in [0, 0.1) is 0 Å². The number of amides is 1. The first-order chi connectivity index (χ1) is 11.3. The monoisotopic (exact) mass is 303 g/mol. The molecule has 3 aromatic rings. The second kappa shape index (κ2) is 5.76. The Balaban J connectivity index is 1.45. The summed E-state index contributed by atoms with van der Waals surface area (Å²) < 4.78 is 5.25. The van der Waals surface area contributed by atoms with Gasteiger partial charge in [0, 0.05) is 18.5 Å². The molecule has 0 fully saturated rings. The average molecular weight is 303 g/mol. The molecule has 0 saturated heterocycles. The normalized spacial score (nSPS) is 11.8. The molecule has 0 unspecified atom stereocenters. The fourth-order valence-electron chi connectivity index (χ4n) is 3.14. The van der Waals surface area contributed by atoms with Gasteiger partial charge in [0.2, 0.25) is 5.91 Å². The third-order valence-electron chi connectivity index (χ3n) is 4.26. The van der Waals surface area contributed by atoms with Gasteiger partial charge in [-0.1, -0.05) is 30.3 Å². The fraction of sp³-hybridized carbons (Fsp3) is 0.150. The van der Waals surface area contributed by atoms with E-state index in [9.17, 15) is 4.79 Å². The highest BCUT2D eigenvalue weighted by Gasteiger charge is 2.18. The van der Waals surface area contributed by atoms with Gasteiger partial charge in [0.25, 0.3) is 0 Å². The van der Waals surface area contributed by atoms with Crippen LogP contribution in [0.4, 0.5) is 5.69 Å². The largest absolute Gasteiger partial charge is 0.469 e. The Morgan fingerprint density at radius 1 is 1.00 bits per heavy atom. The second-order valence-electron chi connectivity index (χ2n) is 5.83. The summed E-state index contributed by atoms with van der Waals surface area (Å²) in [5, 5.41) is 2.98. The zero-order chi connectivity index (χ0) is 15.6. The molecule has 3 nitrogen and oxygen atoms in total. The lowest BCUT2D eigenvalue weighted by atomic mass is 10.1. The van der Waals surface area contributed by atoms with Gasteiger partial charge in [-0.3, -0.25) is 4.79 Å². The Morgan fingerprint density at radius 3 is 2.74 bits per heavy atom. The predicted octanol–water partition coefficient (Wildman–Crippen LogP) is 4.42. The van der Waals surface area contributed by atoms with Gasteiger partial charge < -0.3 is 9.73 Å². The number of carbonyl (C=O) groups is 1. The molecule has 2 aromatic carbocycles. The molecular formula is C20H17NO2. The van der Waals surface area contributed by atoms with Gasteiger partial charge in [-0.15, -0.1) is 0 Å². The second-order valence-corrected chi connectivity index (χ2v) is 5.83.